The summed E-state index contributed by atoms with van der Waals surface area (Å²) in [5.74, 6) is -1.07. The second-order valence-electron chi connectivity index (χ2n) is 3.86. The van der Waals surface area contributed by atoms with E-state index in [1.807, 2.05) is 0 Å². The summed E-state index contributed by atoms with van der Waals surface area (Å²) in [5.41, 5.74) is 0.469. The molecule has 0 radical (unpaired) electrons. The number of hydrogen-bond donors (Lipinski definition) is 1. The lowest BCUT2D eigenvalue weighted by Gasteiger charge is -2.08. The van der Waals surface area contributed by atoms with E-state index in [9.17, 15) is 9.18 Å². The van der Waals surface area contributed by atoms with E-state index in [0.717, 1.165) is 6.07 Å². The average molecular weight is 354 g/mol. The number of halogens is 3. The zero-order chi connectivity index (χ0) is 14.7. The summed E-state index contributed by atoms with van der Waals surface area (Å²) in [6, 6.07) is 10.4. The molecule has 0 saturated carbocycles. The predicted molar refractivity (Wildman–Crippen MR) is 78.2 cm³/mol. The molecule has 6 heteroatoms. The fourth-order valence-corrected chi connectivity index (χ4v) is 2.14. The van der Waals surface area contributed by atoms with Crippen molar-refractivity contribution in [3.63, 3.8) is 0 Å². The summed E-state index contributed by atoms with van der Waals surface area (Å²) in [6.45, 7) is 0. The third-order valence-electron chi connectivity index (χ3n) is 2.54. The van der Waals surface area contributed by atoms with Crippen LogP contribution in [0.15, 0.2) is 40.9 Å². The van der Waals surface area contributed by atoms with Crippen LogP contribution in [-0.2, 0) is 0 Å². The monoisotopic (exact) mass is 352 g/mol. The normalized spacial score (nSPS) is 9.90. The molecule has 20 heavy (non-hydrogen) atoms. The van der Waals surface area contributed by atoms with Crippen LogP contribution in [0.5, 0.6) is 0 Å². The third kappa shape index (κ3) is 2.98. The van der Waals surface area contributed by atoms with Gasteiger partial charge in [0.25, 0.3) is 5.91 Å². The molecular formula is C14H7BrClFN2O. The van der Waals surface area contributed by atoms with Crippen LogP contribution < -0.4 is 5.32 Å². The minimum Gasteiger partial charge on any atom is -0.322 e. The quantitative estimate of drug-likeness (QED) is 0.872. The zero-order valence-electron chi connectivity index (χ0n) is 9.95. The number of carbonyl (C=O) groups is 1. The molecule has 1 amide bonds. The third-order valence-corrected chi connectivity index (χ3v) is 3.84. The summed E-state index contributed by atoms with van der Waals surface area (Å²) >= 11 is 9.25. The summed E-state index contributed by atoms with van der Waals surface area (Å²) in [5, 5.41) is 11.6. The number of nitrogens with zero attached hydrogens (tertiary/aromatic N) is 1. The Balaban J connectivity index is 2.29. The SMILES string of the molecule is N#Cc1cc(NC(=O)c2cccc(Br)c2Cl)ccc1F. The van der Waals surface area contributed by atoms with Crippen molar-refractivity contribution < 1.29 is 9.18 Å². The summed E-state index contributed by atoms with van der Waals surface area (Å²) in [4.78, 5) is 12.1. The Morgan fingerprint density at radius 3 is 2.80 bits per heavy atom. The van der Waals surface area contributed by atoms with Gasteiger partial charge in [0, 0.05) is 10.2 Å². The van der Waals surface area contributed by atoms with Crippen molar-refractivity contribution >= 4 is 39.1 Å². The molecule has 0 fully saturated rings. The van der Waals surface area contributed by atoms with Crippen LogP contribution in [0.4, 0.5) is 10.1 Å². The molecule has 100 valence electrons. The molecule has 0 heterocycles. The van der Waals surface area contributed by atoms with Gasteiger partial charge in [-0.05, 0) is 46.3 Å². The largest absolute Gasteiger partial charge is 0.322 e. The van der Waals surface area contributed by atoms with Crippen molar-refractivity contribution in [2.75, 3.05) is 5.32 Å². The first-order valence-corrected chi connectivity index (χ1v) is 6.65. The fraction of sp³-hybridized carbons (Fsp3) is 0. The number of hydrogen-bond acceptors (Lipinski definition) is 2. The molecular weight excluding hydrogens is 347 g/mol. The maximum absolute atomic E-state index is 13.2. The zero-order valence-corrected chi connectivity index (χ0v) is 12.3. The number of nitriles is 1. The standard InChI is InChI=1S/C14H7BrClFN2O/c15-11-3-1-2-10(13(11)16)14(20)19-9-4-5-12(17)8(6-9)7-18/h1-6H,(H,19,20). The highest BCUT2D eigenvalue weighted by molar-refractivity contribution is 9.10. The van der Waals surface area contributed by atoms with E-state index < -0.39 is 11.7 Å². The van der Waals surface area contributed by atoms with Gasteiger partial charge in [0.2, 0.25) is 0 Å². The van der Waals surface area contributed by atoms with Gasteiger partial charge in [0.1, 0.15) is 11.9 Å². The van der Waals surface area contributed by atoms with Crippen molar-refractivity contribution in [2.45, 2.75) is 0 Å². The summed E-state index contributed by atoms with van der Waals surface area (Å²) in [7, 11) is 0. The van der Waals surface area contributed by atoms with Crippen molar-refractivity contribution in [1.29, 1.82) is 5.26 Å². The molecule has 2 aromatic rings. The van der Waals surface area contributed by atoms with Gasteiger partial charge in [0.05, 0.1) is 16.1 Å². The van der Waals surface area contributed by atoms with Gasteiger partial charge < -0.3 is 5.32 Å². The van der Waals surface area contributed by atoms with Crippen LogP contribution in [0.1, 0.15) is 15.9 Å². The van der Waals surface area contributed by atoms with Crippen molar-refractivity contribution in [2.24, 2.45) is 0 Å². The minimum atomic E-state index is -0.633. The highest BCUT2D eigenvalue weighted by Gasteiger charge is 2.13. The molecule has 0 bridgehead atoms. The Morgan fingerprint density at radius 1 is 1.35 bits per heavy atom. The topological polar surface area (TPSA) is 52.9 Å². The fourth-order valence-electron chi connectivity index (χ4n) is 1.57. The van der Waals surface area contributed by atoms with Gasteiger partial charge in [-0.2, -0.15) is 5.26 Å². The van der Waals surface area contributed by atoms with Crippen LogP contribution in [-0.4, -0.2) is 5.91 Å². The molecule has 1 N–H and O–H groups in total. The van der Waals surface area contributed by atoms with E-state index in [-0.39, 0.29) is 16.1 Å². The molecule has 0 aliphatic carbocycles. The molecule has 0 spiro atoms. The Hall–Kier alpha value is -1.90. The van der Waals surface area contributed by atoms with Gasteiger partial charge in [-0.15, -0.1) is 0 Å². The number of anilines is 1. The molecule has 0 aliphatic heterocycles. The summed E-state index contributed by atoms with van der Waals surface area (Å²) < 4.78 is 13.8. The van der Waals surface area contributed by atoms with Crippen LogP contribution in [0.3, 0.4) is 0 Å². The first-order valence-electron chi connectivity index (χ1n) is 5.48. The van der Waals surface area contributed by atoms with Crippen LogP contribution in [0.2, 0.25) is 5.02 Å². The van der Waals surface area contributed by atoms with Gasteiger partial charge in [-0.1, -0.05) is 17.7 Å². The molecule has 0 saturated heterocycles. The van der Waals surface area contributed by atoms with E-state index in [1.54, 1.807) is 24.3 Å². The molecule has 0 aromatic heterocycles. The lowest BCUT2D eigenvalue weighted by molar-refractivity contribution is 0.102. The van der Waals surface area contributed by atoms with Gasteiger partial charge in [-0.25, -0.2) is 4.39 Å². The Morgan fingerprint density at radius 2 is 2.10 bits per heavy atom. The molecule has 0 aliphatic rings. The van der Waals surface area contributed by atoms with Crippen molar-refractivity contribution in [1.82, 2.24) is 0 Å². The molecule has 2 rings (SSSR count). The second kappa shape index (κ2) is 6.04. The van der Waals surface area contributed by atoms with Crippen LogP contribution >= 0.6 is 27.5 Å². The predicted octanol–water partition coefficient (Wildman–Crippen LogP) is 4.37. The van der Waals surface area contributed by atoms with E-state index in [1.165, 1.54) is 12.1 Å². The van der Waals surface area contributed by atoms with Gasteiger partial charge >= 0.3 is 0 Å². The Kier molecular flexibility index (Phi) is 4.38. The molecule has 2 aromatic carbocycles. The first-order chi connectivity index (χ1) is 9.52. The Bertz CT molecular complexity index is 728. The number of carbonyl (C=O) groups excluding carboxylic acids is 1. The first kappa shape index (κ1) is 14.5. The number of nitrogens with one attached hydrogen (secondary N) is 1. The van der Waals surface area contributed by atoms with Gasteiger partial charge in [0.15, 0.2) is 0 Å². The highest BCUT2D eigenvalue weighted by Crippen LogP contribution is 2.26. The van der Waals surface area contributed by atoms with E-state index in [4.69, 9.17) is 16.9 Å². The van der Waals surface area contributed by atoms with Crippen LogP contribution in [0, 0.1) is 17.1 Å². The maximum atomic E-state index is 13.2. The number of benzene rings is 2. The second-order valence-corrected chi connectivity index (χ2v) is 5.09. The van der Waals surface area contributed by atoms with E-state index in [0.29, 0.717) is 10.2 Å². The van der Waals surface area contributed by atoms with Crippen molar-refractivity contribution in [3.05, 3.63) is 62.8 Å². The molecule has 0 atom stereocenters. The van der Waals surface area contributed by atoms with E-state index in [2.05, 4.69) is 21.2 Å². The van der Waals surface area contributed by atoms with E-state index >= 15 is 0 Å². The summed E-state index contributed by atoms with van der Waals surface area (Å²) in [6.07, 6.45) is 0. The maximum Gasteiger partial charge on any atom is 0.257 e. The average Bonchev–Trinajstić information content (AvgIpc) is 2.43. The van der Waals surface area contributed by atoms with Crippen LogP contribution in [0.25, 0.3) is 0 Å². The molecule has 0 unspecified atom stereocenters. The Labute approximate surface area is 128 Å². The van der Waals surface area contributed by atoms with Gasteiger partial charge in [-0.3, -0.25) is 4.79 Å². The lowest BCUT2D eigenvalue weighted by Crippen LogP contribution is -2.12. The number of rotatable bonds is 2. The highest BCUT2D eigenvalue weighted by atomic mass is 79.9. The minimum absolute atomic E-state index is 0.136. The smallest absolute Gasteiger partial charge is 0.257 e. The molecule has 3 nitrogen and oxygen atoms in total. The lowest BCUT2D eigenvalue weighted by atomic mass is 10.1. The number of amides is 1. The van der Waals surface area contributed by atoms with Crippen molar-refractivity contribution in [3.8, 4) is 6.07 Å².